The number of anilines is 2. The van der Waals surface area contributed by atoms with E-state index in [1.54, 1.807) is 34.5 Å². The van der Waals surface area contributed by atoms with Crippen LogP contribution in [0, 0.1) is 0 Å². The van der Waals surface area contributed by atoms with Crippen LogP contribution < -0.4 is 20.9 Å². The molecule has 1 aliphatic rings. The first-order valence-electron chi connectivity index (χ1n) is 8.65. The standard InChI is InChI=1S/C19H17F3N4O3/c20-19(21,22)11-24-16(27)12-1-5-14(6-2-12)25-17(28)13-3-7-15(8-4-13)26-10-9-23-18(26)29/h1-8H,9-11H2,(H,23,29)(H,24,27)(H,25,28). The van der Waals surface area contributed by atoms with Crippen molar-refractivity contribution in [1.82, 2.24) is 10.6 Å². The summed E-state index contributed by atoms with van der Waals surface area (Å²) >= 11 is 0. The van der Waals surface area contributed by atoms with E-state index >= 15 is 0 Å². The Bertz CT molecular complexity index is 912. The summed E-state index contributed by atoms with van der Waals surface area (Å²) in [6.45, 7) is -0.308. The number of carbonyl (C=O) groups is 3. The molecule has 0 bridgehead atoms. The second kappa shape index (κ2) is 8.21. The van der Waals surface area contributed by atoms with Gasteiger partial charge < -0.3 is 16.0 Å². The van der Waals surface area contributed by atoms with E-state index in [9.17, 15) is 27.6 Å². The lowest BCUT2D eigenvalue weighted by molar-refractivity contribution is -0.123. The Balaban J connectivity index is 1.59. The second-order valence-corrected chi connectivity index (χ2v) is 6.26. The highest BCUT2D eigenvalue weighted by Gasteiger charge is 2.27. The highest BCUT2D eigenvalue weighted by atomic mass is 19.4. The van der Waals surface area contributed by atoms with Crippen molar-refractivity contribution in [2.24, 2.45) is 0 Å². The fraction of sp³-hybridized carbons (Fsp3) is 0.211. The molecule has 2 aromatic carbocycles. The van der Waals surface area contributed by atoms with E-state index in [4.69, 9.17) is 0 Å². The molecule has 0 atom stereocenters. The largest absolute Gasteiger partial charge is 0.405 e. The molecular weight excluding hydrogens is 389 g/mol. The minimum Gasteiger partial charge on any atom is -0.343 e. The minimum atomic E-state index is -4.49. The highest BCUT2D eigenvalue weighted by Crippen LogP contribution is 2.18. The van der Waals surface area contributed by atoms with Gasteiger partial charge in [-0.2, -0.15) is 13.2 Å². The zero-order valence-electron chi connectivity index (χ0n) is 15.0. The molecule has 1 saturated heterocycles. The molecule has 1 fully saturated rings. The van der Waals surface area contributed by atoms with E-state index in [0.29, 0.717) is 30.0 Å². The number of carbonyl (C=O) groups excluding carboxylic acids is 3. The van der Waals surface area contributed by atoms with Crippen molar-refractivity contribution < 1.29 is 27.6 Å². The Morgan fingerprint density at radius 2 is 1.55 bits per heavy atom. The van der Waals surface area contributed by atoms with Gasteiger partial charge in [-0.1, -0.05) is 0 Å². The van der Waals surface area contributed by atoms with Crippen molar-refractivity contribution in [2.45, 2.75) is 6.18 Å². The maximum atomic E-state index is 12.3. The van der Waals surface area contributed by atoms with Gasteiger partial charge in [0.15, 0.2) is 0 Å². The van der Waals surface area contributed by atoms with Crippen LogP contribution in [0.3, 0.4) is 0 Å². The first-order chi connectivity index (χ1) is 13.7. The monoisotopic (exact) mass is 406 g/mol. The van der Waals surface area contributed by atoms with E-state index in [1.165, 1.54) is 24.3 Å². The topological polar surface area (TPSA) is 90.5 Å². The minimum absolute atomic E-state index is 0.0421. The van der Waals surface area contributed by atoms with Crippen molar-refractivity contribution in [3.8, 4) is 0 Å². The second-order valence-electron chi connectivity index (χ2n) is 6.26. The van der Waals surface area contributed by atoms with E-state index in [1.807, 2.05) is 0 Å². The average Bonchev–Trinajstić information content (AvgIpc) is 3.12. The Morgan fingerprint density at radius 1 is 0.966 bits per heavy atom. The van der Waals surface area contributed by atoms with Crippen molar-refractivity contribution in [3.05, 3.63) is 59.7 Å². The third-order valence-corrected chi connectivity index (χ3v) is 4.15. The number of nitrogens with one attached hydrogen (secondary N) is 3. The molecule has 1 aliphatic heterocycles. The van der Waals surface area contributed by atoms with Crippen molar-refractivity contribution in [3.63, 3.8) is 0 Å². The van der Waals surface area contributed by atoms with Crippen LogP contribution in [-0.2, 0) is 0 Å². The number of urea groups is 1. The molecule has 3 rings (SSSR count). The van der Waals surface area contributed by atoms with Crippen LogP contribution in [0.15, 0.2) is 48.5 Å². The molecule has 7 nitrogen and oxygen atoms in total. The van der Waals surface area contributed by atoms with Crippen molar-refractivity contribution in [2.75, 3.05) is 29.9 Å². The van der Waals surface area contributed by atoms with Crippen molar-refractivity contribution in [1.29, 1.82) is 0 Å². The first-order valence-corrected chi connectivity index (χ1v) is 8.65. The van der Waals surface area contributed by atoms with Crippen LogP contribution in [0.25, 0.3) is 0 Å². The molecule has 2 aromatic rings. The number of benzene rings is 2. The Hall–Kier alpha value is -3.56. The molecule has 0 saturated carbocycles. The zero-order chi connectivity index (χ0) is 21.0. The van der Waals surface area contributed by atoms with Crippen LogP contribution in [0.2, 0.25) is 0 Å². The summed E-state index contributed by atoms with van der Waals surface area (Å²) in [6.07, 6.45) is -4.49. The summed E-state index contributed by atoms with van der Waals surface area (Å²) < 4.78 is 36.4. The van der Waals surface area contributed by atoms with Gasteiger partial charge in [0.1, 0.15) is 6.54 Å². The van der Waals surface area contributed by atoms with Gasteiger partial charge in [-0.25, -0.2) is 4.79 Å². The molecule has 0 radical (unpaired) electrons. The molecule has 0 aromatic heterocycles. The van der Waals surface area contributed by atoms with Gasteiger partial charge in [-0.3, -0.25) is 14.5 Å². The summed E-state index contributed by atoms with van der Waals surface area (Å²) in [5.41, 5.74) is 1.46. The number of hydrogen-bond acceptors (Lipinski definition) is 3. The molecule has 3 N–H and O–H groups in total. The molecule has 29 heavy (non-hydrogen) atoms. The molecule has 1 heterocycles. The maximum absolute atomic E-state index is 12.3. The predicted molar refractivity (Wildman–Crippen MR) is 100.0 cm³/mol. The summed E-state index contributed by atoms with van der Waals surface area (Å²) in [6, 6.07) is 11.8. The predicted octanol–water partition coefficient (Wildman–Crippen LogP) is 2.76. The Morgan fingerprint density at radius 3 is 2.10 bits per heavy atom. The summed E-state index contributed by atoms with van der Waals surface area (Å²) in [5, 5.41) is 7.10. The molecule has 152 valence electrons. The number of rotatable bonds is 5. The number of alkyl halides is 3. The van der Waals surface area contributed by atoms with Gasteiger partial charge in [-0.15, -0.1) is 0 Å². The SMILES string of the molecule is O=C(NCC(F)(F)F)c1ccc(NC(=O)c2ccc(N3CCNC3=O)cc2)cc1. The molecule has 0 spiro atoms. The van der Waals surface area contributed by atoms with Crippen LogP contribution in [0.1, 0.15) is 20.7 Å². The van der Waals surface area contributed by atoms with Gasteiger partial charge in [0.2, 0.25) is 0 Å². The smallest absolute Gasteiger partial charge is 0.343 e. The summed E-state index contributed by atoms with van der Waals surface area (Å²) in [5.74, 6) is -1.27. The fourth-order valence-electron chi connectivity index (χ4n) is 2.70. The summed E-state index contributed by atoms with van der Waals surface area (Å²) in [4.78, 5) is 37.2. The lowest BCUT2D eigenvalue weighted by atomic mass is 10.1. The first kappa shape index (κ1) is 20.2. The average molecular weight is 406 g/mol. The van der Waals surface area contributed by atoms with Crippen LogP contribution in [0.4, 0.5) is 29.3 Å². The third kappa shape index (κ3) is 5.24. The Labute approximate surface area is 163 Å². The molecule has 0 aliphatic carbocycles. The fourth-order valence-corrected chi connectivity index (χ4v) is 2.70. The van der Waals surface area contributed by atoms with Crippen LogP contribution in [-0.4, -0.2) is 43.7 Å². The number of hydrogen-bond donors (Lipinski definition) is 3. The van der Waals surface area contributed by atoms with E-state index in [0.717, 1.165) is 0 Å². The van der Waals surface area contributed by atoms with Crippen LogP contribution >= 0.6 is 0 Å². The van der Waals surface area contributed by atoms with E-state index < -0.39 is 24.5 Å². The maximum Gasteiger partial charge on any atom is 0.405 e. The normalized spacial score (nSPS) is 13.8. The lowest BCUT2D eigenvalue weighted by Gasteiger charge is -2.14. The number of amides is 4. The number of nitrogens with zero attached hydrogens (tertiary/aromatic N) is 1. The van der Waals surface area contributed by atoms with Gasteiger partial charge in [-0.05, 0) is 48.5 Å². The number of halogens is 3. The van der Waals surface area contributed by atoms with Gasteiger partial charge >= 0.3 is 12.2 Å². The van der Waals surface area contributed by atoms with Gasteiger partial charge in [0.05, 0.1) is 0 Å². The van der Waals surface area contributed by atoms with Gasteiger partial charge in [0.25, 0.3) is 11.8 Å². The third-order valence-electron chi connectivity index (χ3n) is 4.15. The summed E-state index contributed by atoms with van der Waals surface area (Å²) in [7, 11) is 0. The quantitative estimate of drug-likeness (QED) is 0.713. The molecular formula is C19H17F3N4O3. The Kier molecular flexibility index (Phi) is 5.71. The van der Waals surface area contributed by atoms with Gasteiger partial charge in [0, 0.05) is 35.6 Å². The zero-order valence-corrected chi connectivity index (χ0v) is 15.0. The lowest BCUT2D eigenvalue weighted by Crippen LogP contribution is -2.33. The molecule has 0 unspecified atom stereocenters. The van der Waals surface area contributed by atoms with Crippen LogP contribution in [0.5, 0.6) is 0 Å². The molecule has 4 amide bonds. The highest BCUT2D eigenvalue weighted by molar-refractivity contribution is 6.05. The molecule has 10 heteroatoms. The van der Waals surface area contributed by atoms with E-state index in [2.05, 4.69) is 10.6 Å². The van der Waals surface area contributed by atoms with Crippen molar-refractivity contribution >= 4 is 29.2 Å². The van der Waals surface area contributed by atoms with E-state index in [-0.39, 0.29) is 11.6 Å².